The summed E-state index contributed by atoms with van der Waals surface area (Å²) in [5.74, 6) is 0.617. The van der Waals surface area contributed by atoms with E-state index in [1.54, 1.807) is 18.3 Å². The summed E-state index contributed by atoms with van der Waals surface area (Å²) in [7, 11) is 0. The van der Waals surface area contributed by atoms with E-state index >= 15 is 0 Å². The van der Waals surface area contributed by atoms with Crippen LogP contribution >= 0.6 is 0 Å². The molecule has 0 fully saturated rings. The number of alkyl halides is 2. The summed E-state index contributed by atoms with van der Waals surface area (Å²) in [6.45, 7) is -2.85. The van der Waals surface area contributed by atoms with Crippen molar-refractivity contribution in [1.82, 2.24) is 9.97 Å². The Bertz CT molecular complexity index is 764. The fourth-order valence-electron chi connectivity index (χ4n) is 1.92. The van der Waals surface area contributed by atoms with Gasteiger partial charge in [-0.15, -0.1) is 0 Å². The first-order valence-corrected chi connectivity index (χ1v) is 6.24. The van der Waals surface area contributed by atoms with Gasteiger partial charge < -0.3 is 10.1 Å². The minimum atomic E-state index is -2.85. The molecule has 3 rings (SSSR count). The Morgan fingerprint density at radius 3 is 2.62 bits per heavy atom. The summed E-state index contributed by atoms with van der Waals surface area (Å²) in [4.78, 5) is 8.67. The first kappa shape index (κ1) is 13.2. The second kappa shape index (κ2) is 5.70. The Morgan fingerprint density at radius 1 is 1.00 bits per heavy atom. The fourth-order valence-corrected chi connectivity index (χ4v) is 1.92. The Hall–Kier alpha value is -2.76. The van der Waals surface area contributed by atoms with Gasteiger partial charge in [-0.05, 0) is 24.3 Å². The Kier molecular flexibility index (Phi) is 3.59. The number of hydrogen-bond acceptors (Lipinski definition) is 4. The molecular weight excluding hydrogens is 276 g/mol. The highest BCUT2D eigenvalue weighted by Gasteiger charge is 2.05. The molecule has 1 N–H and O–H groups in total. The van der Waals surface area contributed by atoms with E-state index in [0.717, 1.165) is 11.0 Å². The van der Waals surface area contributed by atoms with E-state index < -0.39 is 6.61 Å². The van der Waals surface area contributed by atoms with E-state index in [1.807, 2.05) is 24.3 Å². The smallest absolute Gasteiger partial charge is 0.387 e. The molecule has 106 valence electrons. The molecule has 1 aromatic heterocycles. The zero-order chi connectivity index (χ0) is 14.7. The van der Waals surface area contributed by atoms with Gasteiger partial charge in [0.15, 0.2) is 0 Å². The predicted molar refractivity (Wildman–Crippen MR) is 75.9 cm³/mol. The minimum Gasteiger partial charge on any atom is -0.435 e. The SMILES string of the molecule is FC(F)Oc1cccc(Nc2cnc3ccccc3n2)c1. The van der Waals surface area contributed by atoms with Crippen LogP contribution in [0.4, 0.5) is 20.3 Å². The Morgan fingerprint density at radius 2 is 1.81 bits per heavy atom. The lowest BCUT2D eigenvalue weighted by molar-refractivity contribution is -0.0497. The van der Waals surface area contributed by atoms with Crippen LogP contribution in [0.5, 0.6) is 5.75 Å². The Labute approximate surface area is 119 Å². The number of aromatic nitrogens is 2. The van der Waals surface area contributed by atoms with Crippen molar-refractivity contribution in [3.63, 3.8) is 0 Å². The first-order valence-electron chi connectivity index (χ1n) is 6.24. The quantitative estimate of drug-likeness (QED) is 0.788. The topological polar surface area (TPSA) is 47.0 Å². The molecule has 0 unspecified atom stereocenters. The number of halogens is 2. The van der Waals surface area contributed by atoms with Crippen LogP contribution in [0.15, 0.2) is 54.7 Å². The maximum absolute atomic E-state index is 12.2. The second-order valence-corrected chi connectivity index (χ2v) is 4.28. The maximum Gasteiger partial charge on any atom is 0.387 e. The normalized spacial score (nSPS) is 10.8. The number of ether oxygens (including phenoxy) is 1. The summed E-state index contributed by atoms with van der Waals surface area (Å²) < 4.78 is 28.7. The van der Waals surface area contributed by atoms with Crippen molar-refractivity contribution in [1.29, 1.82) is 0 Å². The van der Waals surface area contributed by atoms with E-state index in [1.165, 1.54) is 12.1 Å². The third-order valence-corrected chi connectivity index (χ3v) is 2.78. The van der Waals surface area contributed by atoms with Crippen molar-refractivity contribution in [3.8, 4) is 5.75 Å². The van der Waals surface area contributed by atoms with E-state index in [4.69, 9.17) is 0 Å². The average molecular weight is 287 g/mol. The largest absolute Gasteiger partial charge is 0.435 e. The van der Waals surface area contributed by atoms with E-state index in [2.05, 4.69) is 20.0 Å². The van der Waals surface area contributed by atoms with Crippen LogP contribution in [0.25, 0.3) is 11.0 Å². The molecule has 0 saturated carbocycles. The number of rotatable bonds is 4. The number of fused-ring (bicyclic) bond motifs is 1. The van der Waals surface area contributed by atoms with E-state index in [0.29, 0.717) is 11.5 Å². The molecular formula is C15H11F2N3O. The molecule has 3 aromatic rings. The first-order chi connectivity index (χ1) is 10.2. The fraction of sp³-hybridized carbons (Fsp3) is 0.0667. The standard InChI is InChI=1S/C15H11F2N3O/c16-15(17)21-11-5-3-4-10(8-11)19-14-9-18-12-6-1-2-7-13(12)20-14/h1-9,15H,(H,19,20). The van der Waals surface area contributed by atoms with Crippen molar-refractivity contribution in [2.75, 3.05) is 5.32 Å². The Balaban J connectivity index is 1.84. The number of hydrogen-bond donors (Lipinski definition) is 1. The molecule has 4 nitrogen and oxygen atoms in total. The molecule has 21 heavy (non-hydrogen) atoms. The predicted octanol–water partition coefficient (Wildman–Crippen LogP) is 3.97. The summed E-state index contributed by atoms with van der Waals surface area (Å²) in [6, 6.07) is 13.8. The molecule has 0 amide bonds. The monoisotopic (exact) mass is 287 g/mol. The van der Waals surface area contributed by atoms with Gasteiger partial charge in [-0.1, -0.05) is 18.2 Å². The molecule has 0 aliphatic rings. The molecule has 0 bridgehead atoms. The van der Waals surface area contributed by atoms with Crippen molar-refractivity contribution in [2.24, 2.45) is 0 Å². The lowest BCUT2D eigenvalue weighted by atomic mass is 10.3. The molecule has 6 heteroatoms. The minimum absolute atomic E-state index is 0.0868. The number of benzene rings is 2. The maximum atomic E-state index is 12.2. The summed E-state index contributed by atoms with van der Waals surface area (Å²) in [6.07, 6.45) is 1.59. The third kappa shape index (κ3) is 3.22. The summed E-state index contributed by atoms with van der Waals surface area (Å²) >= 11 is 0. The molecule has 0 atom stereocenters. The summed E-state index contributed by atoms with van der Waals surface area (Å²) in [5, 5.41) is 3.01. The van der Waals surface area contributed by atoms with Crippen molar-refractivity contribution in [3.05, 3.63) is 54.7 Å². The number of nitrogens with zero attached hydrogens (tertiary/aromatic N) is 2. The molecule has 1 heterocycles. The molecule has 0 radical (unpaired) electrons. The summed E-state index contributed by atoms with van der Waals surface area (Å²) in [5.41, 5.74) is 2.14. The number of nitrogens with one attached hydrogen (secondary N) is 1. The van der Waals surface area contributed by atoms with Gasteiger partial charge in [-0.25, -0.2) is 4.98 Å². The van der Waals surface area contributed by atoms with E-state index in [-0.39, 0.29) is 5.75 Å². The molecule has 0 spiro atoms. The second-order valence-electron chi connectivity index (χ2n) is 4.28. The van der Waals surface area contributed by atoms with Gasteiger partial charge in [0.2, 0.25) is 0 Å². The highest BCUT2D eigenvalue weighted by atomic mass is 19.3. The number of anilines is 2. The van der Waals surface area contributed by atoms with Crippen molar-refractivity contribution in [2.45, 2.75) is 6.61 Å². The van der Waals surface area contributed by atoms with Gasteiger partial charge in [0, 0.05) is 11.8 Å². The average Bonchev–Trinajstić information content (AvgIpc) is 2.47. The van der Waals surface area contributed by atoms with Crippen LogP contribution in [0.2, 0.25) is 0 Å². The van der Waals surface area contributed by atoms with Gasteiger partial charge in [0.05, 0.1) is 17.2 Å². The van der Waals surface area contributed by atoms with Gasteiger partial charge in [0.25, 0.3) is 0 Å². The number of para-hydroxylation sites is 2. The van der Waals surface area contributed by atoms with Crippen LogP contribution in [0, 0.1) is 0 Å². The third-order valence-electron chi connectivity index (χ3n) is 2.78. The van der Waals surface area contributed by atoms with Crippen LogP contribution in [0.1, 0.15) is 0 Å². The zero-order valence-electron chi connectivity index (χ0n) is 10.8. The van der Waals surface area contributed by atoms with E-state index in [9.17, 15) is 8.78 Å². The van der Waals surface area contributed by atoms with Crippen LogP contribution < -0.4 is 10.1 Å². The lowest BCUT2D eigenvalue weighted by Gasteiger charge is -2.09. The van der Waals surface area contributed by atoms with Crippen molar-refractivity contribution >= 4 is 22.5 Å². The van der Waals surface area contributed by atoms with Gasteiger partial charge >= 0.3 is 6.61 Å². The van der Waals surface area contributed by atoms with Crippen LogP contribution in [-0.4, -0.2) is 16.6 Å². The van der Waals surface area contributed by atoms with Gasteiger partial charge in [0.1, 0.15) is 11.6 Å². The van der Waals surface area contributed by atoms with Crippen LogP contribution in [-0.2, 0) is 0 Å². The molecule has 0 aliphatic carbocycles. The molecule has 0 aliphatic heterocycles. The highest BCUT2D eigenvalue weighted by molar-refractivity contribution is 5.76. The highest BCUT2D eigenvalue weighted by Crippen LogP contribution is 2.22. The van der Waals surface area contributed by atoms with Crippen LogP contribution in [0.3, 0.4) is 0 Å². The molecule has 2 aromatic carbocycles. The van der Waals surface area contributed by atoms with Gasteiger partial charge in [-0.3, -0.25) is 4.98 Å². The lowest BCUT2D eigenvalue weighted by Crippen LogP contribution is -2.02. The molecule has 0 saturated heterocycles. The zero-order valence-corrected chi connectivity index (χ0v) is 10.8. The van der Waals surface area contributed by atoms with Crippen molar-refractivity contribution < 1.29 is 13.5 Å². The van der Waals surface area contributed by atoms with Gasteiger partial charge in [-0.2, -0.15) is 8.78 Å².